The highest BCUT2D eigenvalue weighted by molar-refractivity contribution is 6.32. The largest absolute Gasteiger partial charge is 0.495 e. The van der Waals surface area contributed by atoms with Crippen LogP contribution in [-0.2, 0) is 6.42 Å². The fourth-order valence-corrected chi connectivity index (χ4v) is 1.76. The van der Waals surface area contributed by atoms with Gasteiger partial charge in [0.15, 0.2) is 11.7 Å². The summed E-state index contributed by atoms with van der Waals surface area (Å²) in [7, 11) is 1.58. The first-order valence-electron chi connectivity index (χ1n) is 5.23. The van der Waals surface area contributed by atoms with Crippen LogP contribution < -0.4 is 10.5 Å². The van der Waals surface area contributed by atoms with Gasteiger partial charge in [0.05, 0.1) is 18.3 Å². The first-order valence-corrected chi connectivity index (χ1v) is 5.61. The number of halogens is 1. The molecule has 17 heavy (non-hydrogen) atoms. The predicted molar refractivity (Wildman–Crippen MR) is 66.3 cm³/mol. The Labute approximate surface area is 104 Å². The van der Waals surface area contributed by atoms with Crippen molar-refractivity contribution in [3.8, 4) is 17.1 Å². The SMILES string of the molecule is COc1ccc(-c2cnc(CCN)o2)cc1Cl. The third kappa shape index (κ3) is 2.60. The van der Waals surface area contributed by atoms with Gasteiger partial charge in [0.1, 0.15) is 5.75 Å². The summed E-state index contributed by atoms with van der Waals surface area (Å²) in [4.78, 5) is 4.13. The van der Waals surface area contributed by atoms with Crippen molar-refractivity contribution in [3.63, 3.8) is 0 Å². The average Bonchev–Trinajstić information content (AvgIpc) is 2.78. The Morgan fingerprint density at radius 3 is 2.94 bits per heavy atom. The summed E-state index contributed by atoms with van der Waals surface area (Å²) < 4.78 is 10.6. The normalized spacial score (nSPS) is 10.5. The van der Waals surface area contributed by atoms with Gasteiger partial charge in [-0.1, -0.05) is 11.6 Å². The van der Waals surface area contributed by atoms with Gasteiger partial charge in [0.2, 0.25) is 0 Å². The predicted octanol–water partition coefficient (Wildman–Crippen LogP) is 2.50. The first kappa shape index (κ1) is 12.0. The minimum Gasteiger partial charge on any atom is -0.495 e. The smallest absolute Gasteiger partial charge is 0.196 e. The van der Waals surface area contributed by atoms with Crippen LogP contribution in [-0.4, -0.2) is 18.6 Å². The van der Waals surface area contributed by atoms with Crippen molar-refractivity contribution in [1.29, 1.82) is 0 Å². The molecular formula is C12H13ClN2O2. The number of nitrogens with zero attached hydrogens (tertiary/aromatic N) is 1. The zero-order chi connectivity index (χ0) is 12.3. The Bertz CT molecular complexity index is 511. The summed E-state index contributed by atoms with van der Waals surface area (Å²) in [6.07, 6.45) is 2.30. The molecule has 0 unspecified atom stereocenters. The second-order valence-electron chi connectivity index (χ2n) is 3.51. The summed E-state index contributed by atoms with van der Waals surface area (Å²) in [5, 5.41) is 0.543. The standard InChI is InChI=1S/C12H13ClN2O2/c1-16-10-3-2-8(6-9(10)13)11-7-15-12(17-11)4-5-14/h2-3,6-7H,4-5,14H2,1H3. The second kappa shape index (κ2) is 5.21. The van der Waals surface area contributed by atoms with Crippen LogP contribution in [0.15, 0.2) is 28.8 Å². The highest BCUT2D eigenvalue weighted by atomic mass is 35.5. The molecule has 0 bridgehead atoms. The minimum absolute atomic E-state index is 0.517. The second-order valence-corrected chi connectivity index (χ2v) is 3.91. The maximum Gasteiger partial charge on any atom is 0.196 e. The van der Waals surface area contributed by atoms with E-state index in [9.17, 15) is 0 Å². The zero-order valence-electron chi connectivity index (χ0n) is 9.44. The number of rotatable bonds is 4. The molecule has 0 atom stereocenters. The number of ether oxygens (including phenoxy) is 1. The van der Waals surface area contributed by atoms with Crippen LogP contribution in [0.25, 0.3) is 11.3 Å². The Morgan fingerprint density at radius 1 is 1.47 bits per heavy atom. The zero-order valence-corrected chi connectivity index (χ0v) is 10.2. The van der Waals surface area contributed by atoms with Gasteiger partial charge < -0.3 is 14.9 Å². The molecule has 0 aliphatic carbocycles. The maximum absolute atomic E-state index is 6.04. The Morgan fingerprint density at radius 2 is 2.29 bits per heavy atom. The molecule has 2 aromatic rings. The van der Waals surface area contributed by atoms with E-state index in [0.717, 1.165) is 5.56 Å². The Hall–Kier alpha value is -1.52. The lowest BCUT2D eigenvalue weighted by Gasteiger charge is -2.03. The van der Waals surface area contributed by atoms with Crippen molar-refractivity contribution in [2.45, 2.75) is 6.42 Å². The van der Waals surface area contributed by atoms with E-state index in [1.54, 1.807) is 25.4 Å². The molecular weight excluding hydrogens is 240 g/mol. The molecule has 0 saturated carbocycles. The van der Waals surface area contributed by atoms with Gasteiger partial charge in [0.25, 0.3) is 0 Å². The van der Waals surface area contributed by atoms with Crippen LogP contribution in [0.2, 0.25) is 5.02 Å². The molecule has 0 fully saturated rings. The molecule has 90 valence electrons. The lowest BCUT2D eigenvalue weighted by atomic mass is 10.2. The lowest BCUT2D eigenvalue weighted by molar-refractivity contribution is 0.415. The van der Waals surface area contributed by atoms with Crippen LogP contribution in [0.3, 0.4) is 0 Å². The van der Waals surface area contributed by atoms with Gasteiger partial charge in [-0.15, -0.1) is 0 Å². The quantitative estimate of drug-likeness (QED) is 0.908. The number of methoxy groups -OCH3 is 1. The number of nitrogens with two attached hydrogens (primary N) is 1. The van der Waals surface area contributed by atoms with Crippen LogP contribution in [0.5, 0.6) is 5.75 Å². The summed E-state index contributed by atoms with van der Waals surface area (Å²) in [6.45, 7) is 0.517. The number of benzene rings is 1. The van der Waals surface area contributed by atoms with Crippen molar-refractivity contribution in [2.24, 2.45) is 5.73 Å². The molecule has 0 amide bonds. The molecule has 0 saturated heterocycles. The van der Waals surface area contributed by atoms with Crippen molar-refractivity contribution in [2.75, 3.05) is 13.7 Å². The van der Waals surface area contributed by atoms with Crippen LogP contribution >= 0.6 is 11.6 Å². The Kier molecular flexibility index (Phi) is 3.66. The van der Waals surface area contributed by atoms with Crippen molar-refractivity contribution < 1.29 is 9.15 Å². The van der Waals surface area contributed by atoms with E-state index >= 15 is 0 Å². The molecule has 0 radical (unpaired) electrons. The summed E-state index contributed by atoms with van der Waals surface area (Å²) >= 11 is 6.04. The van der Waals surface area contributed by atoms with Crippen molar-refractivity contribution >= 4 is 11.6 Å². The van der Waals surface area contributed by atoms with E-state index in [1.807, 2.05) is 6.07 Å². The van der Waals surface area contributed by atoms with Crippen LogP contribution in [0.4, 0.5) is 0 Å². The average molecular weight is 253 g/mol. The fourth-order valence-electron chi connectivity index (χ4n) is 1.50. The summed E-state index contributed by atoms with van der Waals surface area (Å²) in [5.74, 6) is 1.95. The third-order valence-electron chi connectivity index (χ3n) is 2.35. The monoisotopic (exact) mass is 252 g/mol. The highest BCUT2D eigenvalue weighted by Gasteiger charge is 2.08. The van der Waals surface area contributed by atoms with E-state index in [-0.39, 0.29) is 0 Å². The van der Waals surface area contributed by atoms with E-state index in [4.69, 9.17) is 26.5 Å². The van der Waals surface area contributed by atoms with Gasteiger partial charge in [-0.25, -0.2) is 4.98 Å². The van der Waals surface area contributed by atoms with Crippen molar-refractivity contribution in [1.82, 2.24) is 4.98 Å². The maximum atomic E-state index is 6.04. The van der Waals surface area contributed by atoms with E-state index in [1.165, 1.54) is 0 Å². The summed E-state index contributed by atoms with van der Waals surface area (Å²) in [6, 6.07) is 5.45. The molecule has 0 spiro atoms. The molecule has 1 heterocycles. The van der Waals surface area contributed by atoms with Crippen LogP contribution in [0, 0.1) is 0 Å². The van der Waals surface area contributed by atoms with Gasteiger partial charge in [-0.2, -0.15) is 0 Å². The molecule has 4 nitrogen and oxygen atoms in total. The van der Waals surface area contributed by atoms with E-state index in [2.05, 4.69) is 4.98 Å². The van der Waals surface area contributed by atoms with Gasteiger partial charge >= 0.3 is 0 Å². The topological polar surface area (TPSA) is 61.3 Å². The first-order chi connectivity index (χ1) is 8.24. The molecule has 0 aliphatic heterocycles. The van der Waals surface area contributed by atoms with Crippen molar-refractivity contribution in [3.05, 3.63) is 35.3 Å². The highest BCUT2D eigenvalue weighted by Crippen LogP contribution is 2.30. The number of hydrogen-bond donors (Lipinski definition) is 1. The van der Waals surface area contributed by atoms with Gasteiger partial charge in [-0.05, 0) is 18.2 Å². The number of aromatic nitrogens is 1. The minimum atomic E-state index is 0.517. The fraction of sp³-hybridized carbons (Fsp3) is 0.250. The van der Waals surface area contributed by atoms with E-state index < -0.39 is 0 Å². The number of oxazole rings is 1. The Balaban J connectivity index is 2.29. The molecule has 5 heteroatoms. The molecule has 1 aromatic carbocycles. The third-order valence-corrected chi connectivity index (χ3v) is 2.64. The summed E-state index contributed by atoms with van der Waals surface area (Å²) in [5.41, 5.74) is 6.30. The molecule has 2 N–H and O–H groups in total. The van der Waals surface area contributed by atoms with Gasteiger partial charge in [-0.3, -0.25) is 0 Å². The number of hydrogen-bond acceptors (Lipinski definition) is 4. The van der Waals surface area contributed by atoms with Gasteiger partial charge in [0, 0.05) is 18.5 Å². The van der Waals surface area contributed by atoms with E-state index in [0.29, 0.717) is 35.4 Å². The molecule has 0 aliphatic rings. The molecule has 1 aromatic heterocycles. The lowest BCUT2D eigenvalue weighted by Crippen LogP contribution is -2.02. The molecule has 2 rings (SSSR count). The van der Waals surface area contributed by atoms with Crippen LogP contribution in [0.1, 0.15) is 5.89 Å².